The number of likely N-dealkylation sites (N-methyl/N-ethyl adjacent to an activating group) is 2. The number of aliphatic hydroxyl groups excluding tert-OH is 1. The fourth-order valence-corrected chi connectivity index (χ4v) is 16.7. The summed E-state index contributed by atoms with van der Waals surface area (Å²) >= 11 is 0. The molecule has 10 N–H and O–H groups in total. The summed E-state index contributed by atoms with van der Waals surface area (Å²) in [6, 6.07) is 35.3. The minimum Gasteiger partial charge on any atom is -0.394 e. The molecule has 21 rings (SSSR count). The van der Waals surface area contributed by atoms with Crippen molar-refractivity contribution in [2.24, 2.45) is 0 Å². The van der Waals surface area contributed by atoms with Crippen molar-refractivity contribution in [3.8, 4) is 90.7 Å². The number of rotatable bonds is 27. The summed E-state index contributed by atoms with van der Waals surface area (Å²) in [7, 11) is 8.67. The molecule has 4 saturated carbocycles. The summed E-state index contributed by atoms with van der Waals surface area (Å²) in [5.41, 5.74) is 25.0. The second kappa shape index (κ2) is 38.4. The van der Waals surface area contributed by atoms with E-state index in [9.17, 15) is 19.8 Å². The first kappa shape index (κ1) is 91.2. The van der Waals surface area contributed by atoms with Gasteiger partial charge in [0.1, 0.15) is 41.6 Å². The first-order chi connectivity index (χ1) is 66.2. The Labute approximate surface area is 786 Å². The number of amides is 2. The van der Waals surface area contributed by atoms with E-state index >= 15 is 0 Å². The SMILES string of the molecule is CC(C)(CO)Nc1cnc(-c2nc(C3(c4ccc(-c5cnc(N)nc5)cc4)CCC3)no2)cn1.CC(C)(O)CNc1cnc(-c2nc(C3(c4ccc(-c5cnc(N)nc5)cc4)CCC3)no2)cn1.CN(C)C(=O)Cn1cc(-c2nc(C3(c4ccc(-c5cnc6[nH]ccc6n5)cc4)CCC3)no2)cn1.CNc1ncc(-c2ccc(C3(c4noc(-c5cnn(CC(=O)N(C)C)c5)n4)CCC3)cc2)cn1. The standard InChI is InChI=1S/C25H24N8O2.3C24H26N8O2/c1-32(2)21(34)15-33-14-17(12-28-33)23-30-24(31-35-23)25(9-3-10-25)18-6-4-16(5-7-18)20-13-27-22-19(29-20)8-11-26-22;1-25-23-26-11-17(12-27-23)16-5-7-19(8-6-16)24(9-4-10-24)22-29-21(34-30-22)18-13-28-32(14-18)15-20(33)31(2)3;1-23(2,14-33)31-19-13-26-18(12-27-19)20-30-21(32-34-20)24(8-3-9-24)17-6-4-15(5-7-17)16-10-28-22(25)29-11-16;1-23(2,33)14-30-19-13-26-18(12-27-19)20-31-21(32-34-20)24(8-3-9-24)17-6-4-15(5-7-17)16-10-28-22(25)29-11-16/h4-8,11-14H,3,9-10,15H2,1-2H3,(H,26,27);5-8,11-14H,4,9-10,15H2,1-3H3,(H,25,26,27);4-7,10-13,33H,3,8-9,14H2,1-2H3,(H,27,31)(H2,25,28,29);4-7,10-13,33H,3,8-9,14H2,1-2H3,(H,27,30)(H2,25,28,29). The third-order valence-corrected chi connectivity index (χ3v) is 25.4. The molecular formula is C97H102N32O8. The molecule has 40 heteroatoms. The number of nitrogens with two attached hydrogens (primary N) is 2. The molecule has 40 nitrogen and oxygen atoms in total. The van der Waals surface area contributed by atoms with Gasteiger partial charge in [-0.2, -0.15) is 30.1 Å². The van der Waals surface area contributed by atoms with Crippen LogP contribution in [0.4, 0.5) is 29.5 Å². The zero-order chi connectivity index (χ0) is 95.2. The Morgan fingerprint density at radius 3 is 1.14 bits per heavy atom. The highest BCUT2D eigenvalue weighted by molar-refractivity contribution is 5.77. The second-order valence-electron chi connectivity index (χ2n) is 36.3. The topological polar surface area (TPSA) is 531 Å². The van der Waals surface area contributed by atoms with Crippen LogP contribution >= 0.6 is 0 Å². The molecule has 13 aromatic heterocycles. The highest BCUT2D eigenvalue weighted by Crippen LogP contribution is 2.53. The quantitative estimate of drug-likeness (QED) is 0.0237. The molecule has 4 aromatic carbocycles. The second-order valence-corrected chi connectivity index (χ2v) is 36.3. The van der Waals surface area contributed by atoms with Crippen molar-refractivity contribution in [1.29, 1.82) is 0 Å². The molecule has 0 bridgehead atoms. The summed E-state index contributed by atoms with van der Waals surface area (Å²) in [5.74, 6) is 6.29. The lowest BCUT2D eigenvalue weighted by molar-refractivity contribution is -0.130. The average Bonchev–Trinajstić information content (AvgIpc) is 1.72. The van der Waals surface area contributed by atoms with E-state index in [0.717, 1.165) is 155 Å². The molecule has 4 fully saturated rings. The van der Waals surface area contributed by atoms with Gasteiger partial charge in [-0.05, 0) is 124 Å². The number of aromatic amines is 1. The zero-order valence-corrected chi connectivity index (χ0v) is 77.0. The lowest BCUT2D eigenvalue weighted by atomic mass is 9.64. The van der Waals surface area contributed by atoms with Crippen molar-refractivity contribution in [3.63, 3.8) is 0 Å². The Hall–Kier alpha value is -16.3. The number of nitrogens with zero attached hydrogens (tertiary/aromatic N) is 26. The highest BCUT2D eigenvalue weighted by Gasteiger charge is 2.49. The van der Waals surface area contributed by atoms with Crippen LogP contribution in [0.25, 0.3) is 102 Å². The molecule has 698 valence electrons. The Morgan fingerprint density at radius 1 is 0.423 bits per heavy atom. The molecule has 0 spiro atoms. The Morgan fingerprint density at radius 2 is 0.788 bits per heavy atom. The zero-order valence-electron chi connectivity index (χ0n) is 77.0. The molecule has 4 aliphatic rings. The number of carbonyl (C=O) groups is 2. The van der Waals surface area contributed by atoms with Gasteiger partial charge in [0.15, 0.2) is 28.9 Å². The summed E-state index contributed by atoms with van der Waals surface area (Å²) in [5, 5.41) is 54.2. The fraction of sp³-hybridized carbons (Fsp3) is 0.320. The van der Waals surface area contributed by atoms with Crippen LogP contribution in [-0.2, 0) is 44.3 Å². The number of aromatic nitrogens is 25. The van der Waals surface area contributed by atoms with E-state index in [1.165, 1.54) is 9.80 Å². The number of nitrogen functional groups attached to an aromatic ring is 2. The van der Waals surface area contributed by atoms with Gasteiger partial charge < -0.3 is 70.5 Å². The van der Waals surface area contributed by atoms with E-state index in [1.54, 1.807) is 139 Å². The Kier molecular flexibility index (Phi) is 25.6. The van der Waals surface area contributed by atoms with Crippen molar-refractivity contribution in [1.82, 2.24) is 135 Å². The lowest BCUT2D eigenvalue weighted by Crippen LogP contribution is -2.36. The Bertz CT molecular complexity index is 6990. The number of benzene rings is 4. The maximum atomic E-state index is 12.0. The molecule has 137 heavy (non-hydrogen) atoms. The lowest BCUT2D eigenvalue weighted by Gasteiger charge is -2.39. The van der Waals surface area contributed by atoms with Crippen molar-refractivity contribution in [3.05, 3.63) is 248 Å². The van der Waals surface area contributed by atoms with Crippen molar-refractivity contribution in [2.75, 3.05) is 75.8 Å². The summed E-state index contributed by atoms with van der Waals surface area (Å²) in [6.45, 7) is 7.84. The minimum atomic E-state index is -0.847. The Balaban J connectivity index is 0.000000121. The first-order valence-electron chi connectivity index (χ1n) is 44.9. The molecule has 17 aromatic rings. The first-order valence-corrected chi connectivity index (χ1v) is 44.9. The maximum Gasteiger partial charge on any atom is 0.278 e. The van der Waals surface area contributed by atoms with Gasteiger partial charge >= 0.3 is 0 Å². The van der Waals surface area contributed by atoms with Crippen molar-refractivity contribution in [2.45, 2.75) is 151 Å². The van der Waals surface area contributed by atoms with Crippen LogP contribution in [-0.4, -0.2) is 216 Å². The van der Waals surface area contributed by atoms with E-state index in [1.807, 2.05) is 38.5 Å². The van der Waals surface area contributed by atoms with Crippen molar-refractivity contribution >= 4 is 52.5 Å². The van der Waals surface area contributed by atoms with Crippen LogP contribution < -0.4 is 27.4 Å². The number of fused-ring (bicyclic) bond motifs is 1. The van der Waals surface area contributed by atoms with Gasteiger partial charge in [0.25, 0.3) is 23.6 Å². The number of carbonyl (C=O) groups excluding carboxylic acids is 2. The van der Waals surface area contributed by atoms with E-state index in [4.69, 9.17) is 44.5 Å². The molecule has 0 saturated heterocycles. The van der Waals surface area contributed by atoms with Crippen LogP contribution in [0.1, 0.15) is 150 Å². The predicted octanol–water partition coefficient (Wildman–Crippen LogP) is 12.9. The van der Waals surface area contributed by atoms with E-state index in [0.29, 0.717) is 93.5 Å². The number of hydrogen-bond donors (Lipinski definition) is 8. The van der Waals surface area contributed by atoms with Gasteiger partial charge in [0, 0.05) is 120 Å². The van der Waals surface area contributed by atoms with Gasteiger partial charge in [-0.1, -0.05) is 143 Å². The predicted molar refractivity (Wildman–Crippen MR) is 507 cm³/mol. The van der Waals surface area contributed by atoms with Gasteiger partial charge in [0.2, 0.25) is 29.7 Å². The molecule has 0 aliphatic heterocycles. The summed E-state index contributed by atoms with van der Waals surface area (Å²) in [6.07, 6.45) is 39.3. The monoisotopic (exact) mass is 1840 g/mol. The van der Waals surface area contributed by atoms with Crippen LogP contribution in [0, 0.1) is 0 Å². The summed E-state index contributed by atoms with van der Waals surface area (Å²) in [4.78, 5) is 100. The smallest absolute Gasteiger partial charge is 0.278 e. The third kappa shape index (κ3) is 19.6. The van der Waals surface area contributed by atoms with Gasteiger partial charge in [-0.15, -0.1) is 0 Å². The van der Waals surface area contributed by atoms with Crippen LogP contribution in [0.5, 0.6) is 0 Å². The van der Waals surface area contributed by atoms with Gasteiger partial charge in [-0.25, -0.2) is 59.8 Å². The molecule has 13 heterocycles. The normalized spacial score (nSPS) is 14.8. The highest BCUT2D eigenvalue weighted by atomic mass is 16.5. The largest absolute Gasteiger partial charge is 0.394 e. The average molecular weight is 1840 g/mol. The third-order valence-electron chi connectivity index (χ3n) is 25.4. The number of hydrogen-bond acceptors (Lipinski definition) is 35. The minimum absolute atomic E-state index is 0.0275. The van der Waals surface area contributed by atoms with E-state index in [2.05, 4.69) is 214 Å². The van der Waals surface area contributed by atoms with E-state index in [-0.39, 0.29) is 65.1 Å². The van der Waals surface area contributed by atoms with Crippen LogP contribution in [0.2, 0.25) is 0 Å². The van der Waals surface area contributed by atoms with Crippen molar-refractivity contribution < 1.29 is 37.9 Å². The van der Waals surface area contributed by atoms with Crippen LogP contribution in [0.15, 0.2) is 220 Å². The van der Waals surface area contributed by atoms with Gasteiger partial charge in [-0.3, -0.25) is 19.0 Å². The maximum absolute atomic E-state index is 12.0. The van der Waals surface area contributed by atoms with Gasteiger partial charge in [0.05, 0.1) is 99.6 Å². The number of aliphatic hydroxyl groups is 2. The van der Waals surface area contributed by atoms with E-state index < -0.39 is 11.1 Å². The number of nitrogens with one attached hydrogen (secondary N) is 4. The molecule has 0 atom stereocenters. The molecule has 0 radical (unpaired) electrons. The molecule has 0 unspecified atom stereocenters. The number of H-pyrrole nitrogens is 1. The summed E-state index contributed by atoms with van der Waals surface area (Å²) < 4.78 is 25.5. The molecule has 4 aliphatic carbocycles. The van der Waals surface area contributed by atoms with Crippen LogP contribution in [0.3, 0.4) is 0 Å². The molecule has 2 amide bonds. The fourth-order valence-electron chi connectivity index (χ4n) is 16.7. The number of anilines is 5. The molecular weight excluding hydrogens is 1740 g/mol.